The second-order valence-electron chi connectivity index (χ2n) is 8.19. The number of sulfone groups is 1. The number of amides is 1. The molecule has 0 aliphatic carbocycles. The predicted octanol–water partition coefficient (Wildman–Crippen LogP) is 3.32. The molecule has 5 rings (SSSR count). The lowest BCUT2D eigenvalue weighted by Gasteiger charge is -2.20. The highest BCUT2D eigenvalue weighted by Crippen LogP contribution is 2.37. The molecule has 35 heavy (non-hydrogen) atoms. The first-order valence-corrected chi connectivity index (χ1v) is 13.6. The molecule has 12 heteroatoms. The van der Waals surface area contributed by atoms with Gasteiger partial charge >= 0.3 is 0 Å². The molecule has 2 aromatic heterocycles. The fourth-order valence-electron chi connectivity index (χ4n) is 4.01. The lowest BCUT2D eigenvalue weighted by atomic mass is 10.2. The Bertz CT molecular complexity index is 1580. The first-order chi connectivity index (χ1) is 16.6. The van der Waals surface area contributed by atoms with Gasteiger partial charge in [-0.3, -0.25) is 18.9 Å². The van der Waals surface area contributed by atoms with Gasteiger partial charge < -0.3 is 4.74 Å². The Labute approximate surface area is 209 Å². The van der Waals surface area contributed by atoms with Gasteiger partial charge in [-0.25, -0.2) is 12.8 Å². The van der Waals surface area contributed by atoms with E-state index < -0.39 is 33.2 Å². The summed E-state index contributed by atoms with van der Waals surface area (Å²) in [6, 6.07) is 8.21. The second kappa shape index (κ2) is 8.85. The van der Waals surface area contributed by atoms with Crippen molar-refractivity contribution in [2.45, 2.75) is 19.4 Å². The number of pyridine rings is 1. The van der Waals surface area contributed by atoms with Gasteiger partial charge in [-0.15, -0.1) is 0 Å². The number of aryl methyl sites for hydroxylation is 1. The van der Waals surface area contributed by atoms with Gasteiger partial charge in [0.05, 0.1) is 22.5 Å². The maximum atomic E-state index is 13.4. The third-order valence-corrected chi connectivity index (χ3v) is 8.83. The van der Waals surface area contributed by atoms with Crippen molar-refractivity contribution in [2.75, 3.05) is 11.5 Å². The van der Waals surface area contributed by atoms with Crippen LogP contribution < -0.4 is 10.3 Å². The second-order valence-corrected chi connectivity index (χ2v) is 12.1. The summed E-state index contributed by atoms with van der Waals surface area (Å²) < 4.78 is 44.6. The van der Waals surface area contributed by atoms with E-state index in [9.17, 15) is 22.4 Å². The lowest BCUT2D eigenvalue weighted by Crippen LogP contribution is -2.39. The van der Waals surface area contributed by atoms with E-state index in [0.717, 1.165) is 17.3 Å². The van der Waals surface area contributed by atoms with Crippen molar-refractivity contribution in [1.82, 2.24) is 14.3 Å². The molecule has 2 saturated heterocycles. The molecule has 2 aliphatic heterocycles. The summed E-state index contributed by atoms with van der Waals surface area (Å²) in [6.07, 6.45) is 3.23. The smallest absolute Gasteiger partial charge is 0.269 e. The molecule has 0 radical (unpaired) electrons. The van der Waals surface area contributed by atoms with Crippen molar-refractivity contribution < 1.29 is 22.3 Å². The van der Waals surface area contributed by atoms with E-state index in [-0.39, 0.29) is 37.9 Å². The number of hydrogen-bond acceptors (Lipinski definition) is 8. The van der Waals surface area contributed by atoms with E-state index in [1.54, 1.807) is 25.3 Å². The van der Waals surface area contributed by atoms with Crippen LogP contribution in [-0.4, -0.2) is 50.5 Å². The van der Waals surface area contributed by atoms with E-state index in [2.05, 4.69) is 4.98 Å². The number of thiocarbonyl (C=S) groups is 1. The van der Waals surface area contributed by atoms with Crippen LogP contribution in [0.3, 0.4) is 0 Å². The minimum atomic E-state index is -3.23. The molecule has 8 nitrogen and oxygen atoms in total. The number of ether oxygens (including phenoxy) is 1. The molecule has 0 spiro atoms. The zero-order valence-corrected chi connectivity index (χ0v) is 20.8. The number of benzene rings is 1. The molecule has 0 N–H and O–H groups in total. The summed E-state index contributed by atoms with van der Waals surface area (Å²) in [7, 11) is -3.23. The molecule has 1 atom stereocenters. The van der Waals surface area contributed by atoms with Gasteiger partial charge in [0.15, 0.2) is 9.84 Å². The van der Waals surface area contributed by atoms with Crippen LogP contribution in [0.25, 0.3) is 11.7 Å². The highest BCUT2D eigenvalue weighted by Gasteiger charge is 2.42. The normalized spacial score (nSPS) is 20.8. The molecular formula is C23H18FN3O5S3. The highest BCUT2D eigenvalue weighted by atomic mass is 32.2. The molecule has 180 valence electrons. The molecule has 1 amide bonds. The average Bonchev–Trinajstić information content (AvgIpc) is 3.30. The number of carbonyl (C=O) groups is 1. The van der Waals surface area contributed by atoms with Gasteiger partial charge in [0.25, 0.3) is 11.5 Å². The van der Waals surface area contributed by atoms with Crippen LogP contribution in [0.4, 0.5) is 4.39 Å². The number of halogens is 1. The number of thioether (sulfide) groups is 1. The Hall–Kier alpha value is -3.09. The number of carbonyl (C=O) groups excluding carboxylic acids is 1. The minimum Gasteiger partial charge on any atom is -0.438 e. The monoisotopic (exact) mass is 531 g/mol. The third kappa shape index (κ3) is 4.48. The molecule has 0 bridgehead atoms. The number of aromatic nitrogens is 2. The third-order valence-electron chi connectivity index (χ3n) is 5.75. The standard InChI is InChI=1S/C23H18FN3O5S3/c1-13-3-2-9-26-19(13)25-20(32-16-6-4-14(24)5-7-16)17(21(26)28)11-18-22(29)27(23(33)34-18)15-8-10-35(30,31)12-15/h2-7,9,11,15H,8,10,12H2,1H3/b18-11+. The van der Waals surface area contributed by atoms with Crippen LogP contribution in [0.1, 0.15) is 17.5 Å². The Morgan fingerprint density at radius 3 is 2.66 bits per heavy atom. The molecule has 2 aliphatic rings. The van der Waals surface area contributed by atoms with Crippen molar-refractivity contribution in [2.24, 2.45) is 0 Å². The van der Waals surface area contributed by atoms with Crippen LogP contribution in [0.15, 0.2) is 52.3 Å². The first-order valence-electron chi connectivity index (χ1n) is 10.6. The van der Waals surface area contributed by atoms with Gasteiger partial charge in [-0.1, -0.05) is 30.0 Å². The summed E-state index contributed by atoms with van der Waals surface area (Å²) in [5, 5.41) is 0. The summed E-state index contributed by atoms with van der Waals surface area (Å²) in [4.78, 5) is 32.6. The minimum absolute atomic E-state index is 0.00126. The van der Waals surface area contributed by atoms with Crippen LogP contribution in [0.5, 0.6) is 11.6 Å². The van der Waals surface area contributed by atoms with Crippen LogP contribution in [0, 0.1) is 12.7 Å². The lowest BCUT2D eigenvalue weighted by molar-refractivity contribution is -0.123. The maximum Gasteiger partial charge on any atom is 0.269 e. The predicted molar refractivity (Wildman–Crippen MR) is 135 cm³/mol. The summed E-state index contributed by atoms with van der Waals surface area (Å²) in [6.45, 7) is 1.80. The van der Waals surface area contributed by atoms with Crippen molar-refractivity contribution in [3.8, 4) is 11.6 Å². The van der Waals surface area contributed by atoms with Crippen LogP contribution in [-0.2, 0) is 14.6 Å². The Morgan fingerprint density at radius 1 is 1.23 bits per heavy atom. The Morgan fingerprint density at radius 2 is 1.97 bits per heavy atom. The first kappa shape index (κ1) is 23.6. The van der Waals surface area contributed by atoms with Gasteiger partial charge in [-0.05, 0) is 55.3 Å². The average molecular weight is 532 g/mol. The molecule has 1 aromatic carbocycles. The van der Waals surface area contributed by atoms with Gasteiger partial charge in [-0.2, -0.15) is 4.98 Å². The fourth-order valence-corrected chi connectivity index (χ4v) is 7.09. The zero-order valence-electron chi connectivity index (χ0n) is 18.3. The quantitative estimate of drug-likeness (QED) is 0.374. The number of fused-ring (bicyclic) bond motifs is 1. The van der Waals surface area contributed by atoms with Gasteiger partial charge in [0.1, 0.15) is 27.1 Å². The number of hydrogen-bond donors (Lipinski definition) is 0. The summed E-state index contributed by atoms with van der Waals surface area (Å²) in [5.41, 5.74) is 0.644. The van der Waals surface area contributed by atoms with Crippen molar-refractivity contribution in [1.29, 1.82) is 0 Å². The maximum absolute atomic E-state index is 13.4. The fraction of sp³-hybridized carbons (Fsp3) is 0.217. The van der Waals surface area contributed by atoms with Gasteiger partial charge in [0, 0.05) is 6.20 Å². The largest absolute Gasteiger partial charge is 0.438 e. The SMILES string of the molecule is Cc1cccn2c(=O)c(/C=C3/SC(=S)N(C4CCS(=O)(=O)C4)C3=O)c(Oc3ccc(F)cc3)nc12. The summed E-state index contributed by atoms with van der Waals surface area (Å²) >= 11 is 6.36. The summed E-state index contributed by atoms with van der Waals surface area (Å²) in [5.74, 6) is -0.857. The van der Waals surface area contributed by atoms with E-state index in [4.69, 9.17) is 17.0 Å². The van der Waals surface area contributed by atoms with E-state index in [0.29, 0.717) is 12.1 Å². The van der Waals surface area contributed by atoms with Gasteiger partial charge in [0.2, 0.25) is 5.88 Å². The Kier molecular flexibility index (Phi) is 5.98. The van der Waals surface area contributed by atoms with E-state index in [1.165, 1.54) is 39.6 Å². The molecule has 1 unspecified atom stereocenters. The van der Waals surface area contributed by atoms with Crippen molar-refractivity contribution in [3.63, 3.8) is 0 Å². The molecule has 2 fully saturated rings. The highest BCUT2D eigenvalue weighted by molar-refractivity contribution is 8.26. The van der Waals surface area contributed by atoms with Crippen molar-refractivity contribution in [3.05, 3.63) is 74.8 Å². The molecular weight excluding hydrogens is 513 g/mol. The molecule has 0 saturated carbocycles. The topological polar surface area (TPSA) is 98.1 Å². The van der Waals surface area contributed by atoms with E-state index >= 15 is 0 Å². The molecule has 4 heterocycles. The van der Waals surface area contributed by atoms with Crippen LogP contribution >= 0.6 is 24.0 Å². The van der Waals surface area contributed by atoms with Crippen LogP contribution in [0.2, 0.25) is 0 Å². The van der Waals surface area contributed by atoms with E-state index in [1.807, 2.05) is 0 Å². The number of nitrogens with zero attached hydrogens (tertiary/aromatic N) is 3. The zero-order chi connectivity index (χ0) is 24.9. The Balaban J connectivity index is 1.60. The number of rotatable bonds is 4. The molecule has 3 aromatic rings. The van der Waals surface area contributed by atoms with Crippen molar-refractivity contribution >= 4 is 55.8 Å².